The standard InChI is InChI=1S/C13H21N3O/c1-9(2)12(14)13(17)15-10-6-5-7-11(8-10)16(3)4/h5-9,12H,14H2,1-4H3,(H,15,17)/t12-/m1/s1. The molecule has 0 aromatic heterocycles. The Morgan fingerprint density at radius 1 is 1.35 bits per heavy atom. The Balaban J connectivity index is 2.75. The fourth-order valence-corrected chi connectivity index (χ4v) is 1.39. The summed E-state index contributed by atoms with van der Waals surface area (Å²) in [6, 6.07) is 7.20. The molecular formula is C13H21N3O. The summed E-state index contributed by atoms with van der Waals surface area (Å²) in [5.41, 5.74) is 7.60. The highest BCUT2D eigenvalue weighted by Gasteiger charge is 2.17. The number of nitrogens with two attached hydrogens (primary N) is 1. The van der Waals surface area contributed by atoms with Crippen LogP contribution < -0.4 is 16.0 Å². The van der Waals surface area contributed by atoms with Crippen LogP contribution >= 0.6 is 0 Å². The molecule has 1 aromatic carbocycles. The number of rotatable bonds is 4. The zero-order valence-corrected chi connectivity index (χ0v) is 10.9. The van der Waals surface area contributed by atoms with Crippen molar-refractivity contribution in [1.82, 2.24) is 0 Å². The Hall–Kier alpha value is -1.55. The average molecular weight is 235 g/mol. The molecule has 0 unspecified atom stereocenters. The molecule has 0 aliphatic heterocycles. The third-order valence-electron chi connectivity index (χ3n) is 2.65. The number of nitrogens with zero attached hydrogens (tertiary/aromatic N) is 1. The van der Waals surface area contributed by atoms with Gasteiger partial charge in [0.05, 0.1) is 6.04 Å². The van der Waals surface area contributed by atoms with Crippen LogP contribution in [0.25, 0.3) is 0 Å². The Morgan fingerprint density at radius 3 is 2.53 bits per heavy atom. The minimum absolute atomic E-state index is 0.132. The van der Waals surface area contributed by atoms with Gasteiger partial charge in [-0.3, -0.25) is 4.79 Å². The van der Waals surface area contributed by atoms with Crippen molar-refractivity contribution in [3.05, 3.63) is 24.3 Å². The van der Waals surface area contributed by atoms with E-state index in [0.29, 0.717) is 0 Å². The number of carbonyl (C=O) groups excluding carboxylic acids is 1. The first-order valence-corrected chi connectivity index (χ1v) is 5.75. The molecule has 1 aromatic rings. The number of benzene rings is 1. The first kappa shape index (κ1) is 13.5. The summed E-state index contributed by atoms with van der Waals surface area (Å²) in [6.45, 7) is 3.86. The van der Waals surface area contributed by atoms with Crippen molar-refractivity contribution in [3.63, 3.8) is 0 Å². The molecule has 0 spiro atoms. The van der Waals surface area contributed by atoms with E-state index in [0.717, 1.165) is 11.4 Å². The normalized spacial score (nSPS) is 12.4. The molecule has 0 radical (unpaired) electrons. The first-order valence-electron chi connectivity index (χ1n) is 5.75. The van der Waals surface area contributed by atoms with Gasteiger partial charge >= 0.3 is 0 Å². The van der Waals surface area contributed by atoms with Gasteiger partial charge < -0.3 is 16.0 Å². The van der Waals surface area contributed by atoms with Crippen LogP contribution in [-0.2, 0) is 4.79 Å². The van der Waals surface area contributed by atoms with Gasteiger partial charge in [0.1, 0.15) is 0 Å². The van der Waals surface area contributed by atoms with Gasteiger partial charge in [-0.05, 0) is 24.1 Å². The highest BCUT2D eigenvalue weighted by Crippen LogP contribution is 2.17. The van der Waals surface area contributed by atoms with Gasteiger partial charge in [0, 0.05) is 25.5 Å². The number of carbonyl (C=O) groups is 1. The van der Waals surface area contributed by atoms with Crippen molar-refractivity contribution < 1.29 is 4.79 Å². The van der Waals surface area contributed by atoms with Crippen LogP contribution in [0.5, 0.6) is 0 Å². The molecule has 1 atom stereocenters. The minimum atomic E-state index is -0.474. The van der Waals surface area contributed by atoms with Gasteiger partial charge in [-0.2, -0.15) is 0 Å². The summed E-state index contributed by atoms with van der Waals surface area (Å²) in [7, 11) is 3.92. The monoisotopic (exact) mass is 235 g/mol. The highest BCUT2D eigenvalue weighted by molar-refractivity contribution is 5.95. The molecule has 94 valence electrons. The van der Waals surface area contributed by atoms with Gasteiger partial charge in [-0.25, -0.2) is 0 Å². The largest absolute Gasteiger partial charge is 0.378 e. The Bertz CT molecular complexity index is 388. The van der Waals surface area contributed by atoms with Gasteiger partial charge in [0.2, 0.25) is 5.91 Å². The Labute approximate surface area is 103 Å². The molecule has 1 rings (SSSR count). The molecule has 4 nitrogen and oxygen atoms in total. The van der Waals surface area contributed by atoms with Gasteiger partial charge in [-0.1, -0.05) is 19.9 Å². The highest BCUT2D eigenvalue weighted by atomic mass is 16.2. The van der Waals surface area contributed by atoms with E-state index in [1.54, 1.807) is 0 Å². The van der Waals surface area contributed by atoms with Crippen LogP contribution in [0.1, 0.15) is 13.8 Å². The van der Waals surface area contributed by atoms with E-state index >= 15 is 0 Å². The zero-order chi connectivity index (χ0) is 13.0. The van der Waals surface area contributed by atoms with E-state index in [9.17, 15) is 4.79 Å². The number of anilines is 2. The second kappa shape index (κ2) is 5.68. The second-order valence-corrected chi connectivity index (χ2v) is 4.70. The SMILES string of the molecule is CC(C)[C@@H](N)C(=O)Nc1cccc(N(C)C)c1. The van der Waals surface area contributed by atoms with Gasteiger partial charge in [-0.15, -0.1) is 0 Å². The zero-order valence-electron chi connectivity index (χ0n) is 10.9. The molecular weight excluding hydrogens is 214 g/mol. The fraction of sp³-hybridized carbons (Fsp3) is 0.462. The van der Waals surface area contributed by atoms with Crippen molar-refractivity contribution in [3.8, 4) is 0 Å². The fourth-order valence-electron chi connectivity index (χ4n) is 1.39. The molecule has 0 heterocycles. The van der Waals surface area contributed by atoms with Gasteiger partial charge in [0.25, 0.3) is 0 Å². The quantitative estimate of drug-likeness (QED) is 0.834. The summed E-state index contributed by atoms with van der Waals surface area (Å²) in [6.07, 6.45) is 0. The summed E-state index contributed by atoms with van der Waals surface area (Å²) in [5.74, 6) is -0.0112. The van der Waals surface area contributed by atoms with Crippen LogP contribution in [0.15, 0.2) is 24.3 Å². The summed E-state index contributed by atoms with van der Waals surface area (Å²) in [5, 5.41) is 2.83. The Kier molecular flexibility index (Phi) is 4.52. The Morgan fingerprint density at radius 2 is 2.00 bits per heavy atom. The van der Waals surface area contributed by atoms with Crippen molar-refractivity contribution in [2.24, 2.45) is 11.7 Å². The summed E-state index contributed by atoms with van der Waals surface area (Å²) >= 11 is 0. The van der Waals surface area contributed by atoms with E-state index in [4.69, 9.17) is 5.73 Å². The molecule has 0 aliphatic carbocycles. The lowest BCUT2D eigenvalue weighted by Crippen LogP contribution is -2.39. The van der Waals surface area contributed by atoms with Crippen LogP contribution in [-0.4, -0.2) is 26.0 Å². The molecule has 4 heteroatoms. The average Bonchev–Trinajstić information content (AvgIpc) is 2.28. The molecule has 0 bridgehead atoms. The summed E-state index contributed by atoms with van der Waals surface area (Å²) < 4.78 is 0. The lowest BCUT2D eigenvalue weighted by molar-refractivity contribution is -0.118. The van der Waals surface area contributed by atoms with Crippen LogP contribution in [0, 0.1) is 5.92 Å². The molecule has 0 aliphatic rings. The minimum Gasteiger partial charge on any atom is -0.378 e. The van der Waals surface area contributed by atoms with E-state index in [1.165, 1.54) is 0 Å². The predicted molar refractivity (Wildman–Crippen MR) is 72.2 cm³/mol. The van der Waals surface area contributed by atoms with E-state index in [1.807, 2.05) is 57.1 Å². The third-order valence-corrected chi connectivity index (χ3v) is 2.65. The van der Waals surface area contributed by atoms with Crippen LogP contribution in [0.3, 0.4) is 0 Å². The maximum absolute atomic E-state index is 11.8. The van der Waals surface area contributed by atoms with E-state index in [-0.39, 0.29) is 11.8 Å². The van der Waals surface area contributed by atoms with Crippen molar-refractivity contribution in [2.75, 3.05) is 24.3 Å². The molecule has 0 saturated carbocycles. The molecule has 0 saturated heterocycles. The van der Waals surface area contributed by atoms with Crippen molar-refractivity contribution >= 4 is 17.3 Å². The molecule has 3 N–H and O–H groups in total. The van der Waals surface area contributed by atoms with E-state index in [2.05, 4.69) is 5.32 Å². The van der Waals surface area contributed by atoms with Gasteiger partial charge in [0.15, 0.2) is 0 Å². The number of hydrogen-bond acceptors (Lipinski definition) is 3. The summed E-state index contributed by atoms with van der Waals surface area (Å²) in [4.78, 5) is 13.8. The maximum atomic E-state index is 11.8. The van der Waals surface area contributed by atoms with Crippen molar-refractivity contribution in [1.29, 1.82) is 0 Å². The smallest absolute Gasteiger partial charge is 0.241 e. The van der Waals surface area contributed by atoms with E-state index < -0.39 is 6.04 Å². The first-order chi connectivity index (χ1) is 7.91. The molecule has 0 fully saturated rings. The maximum Gasteiger partial charge on any atom is 0.241 e. The number of nitrogens with one attached hydrogen (secondary N) is 1. The van der Waals surface area contributed by atoms with Crippen molar-refractivity contribution in [2.45, 2.75) is 19.9 Å². The number of amides is 1. The molecule has 1 amide bonds. The second-order valence-electron chi connectivity index (χ2n) is 4.70. The predicted octanol–water partition coefficient (Wildman–Crippen LogP) is 1.67. The topological polar surface area (TPSA) is 58.4 Å². The van der Waals surface area contributed by atoms with Crippen LogP contribution in [0.4, 0.5) is 11.4 Å². The third kappa shape index (κ3) is 3.75. The van der Waals surface area contributed by atoms with Crippen LogP contribution in [0.2, 0.25) is 0 Å². The number of hydrogen-bond donors (Lipinski definition) is 2. The lowest BCUT2D eigenvalue weighted by Gasteiger charge is -2.17. The molecule has 17 heavy (non-hydrogen) atoms. The lowest BCUT2D eigenvalue weighted by atomic mass is 10.0.